The minimum Gasteiger partial charge on any atom is -0.302 e. The molecule has 0 bridgehead atoms. The molecular formula is C23H18N2OS2. The molecule has 0 atom stereocenters. The largest absolute Gasteiger partial charge is 0.302 e. The third kappa shape index (κ3) is 3.01. The van der Waals surface area contributed by atoms with Gasteiger partial charge in [-0.05, 0) is 34.2 Å². The Hall–Kier alpha value is -2.63. The van der Waals surface area contributed by atoms with Crippen LogP contribution in [0.1, 0.15) is 12.5 Å². The molecule has 5 rings (SSSR count). The minimum absolute atomic E-state index is 0.0326. The van der Waals surface area contributed by atoms with Gasteiger partial charge in [-0.1, -0.05) is 66.8 Å². The number of amides is 1. The quantitative estimate of drug-likeness (QED) is 0.354. The Morgan fingerprint density at radius 2 is 1.79 bits per heavy atom. The summed E-state index contributed by atoms with van der Waals surface area (Å²) in [6, 6.07) is 20.9. The highest BCUT2D eigenvalue weighted by atomic mass is 32.2. The first-order valence-electron chi connectivity index (χ1n) is 9.28. The number of hydrogen-bond donors (Lipinski definition) is 1. The molecule has 0 spiro atoms. The molecule has 0 aliphatic heterocycles. The van der Waals surface area contributed by atoms with E-state index < -0.39 is 0 Å². The van der Waals surface area contributed by atoms with Gasteiger partial charge >= 0.3 is 0 Å². The summed E-state index contributed by atoms with van der Waals surface area (Å²) >= 11 is 3.36. The van der Waals surface area contributed by atoms with Crippen molar-refractivity contribution in [1.29, 1.82) is 0 Å². The zero-order chi connectivity index (χ0) is 19.1. The maximum atomic E-state index is 12.5. The summed E-state index contributed by atoms with van der Waals surface area (Å²) in [6.07, 6.45) is 0.355. The molecule has 0 saturated heterocycles. The normalized spacial score (nSPS) is 11.6. The molecule has 0 unspecified atom stereocenters. The number of thioether (sulfide) groups is 1. The predicted molar refractivity (Wildman–Crippen MR) is 119 cm³/mol. The van der Waals surface area contributed by atoms with Gasteiger partial charge in [0.1, 0.15) is 0 Å². The number of carbonyl (C=O) groups is 1. The fraction of sp³-hybridized carbons (Fsp3) is 0.130. The van der Waals surface area contributed by atoms with Crippen molar-refractivity contribution in [3.63, 3.8) is 0 Å². The van der Waals surface area contributed by atoms with Gasteiger partial charge in [-0.2, -0.15) is 0 Å². The molecule has 138 valence electrons. The number of aromatic nitrogens is 1. The van der Waals surface area contributed by atoms with Crippen LogP contribution in [0.2, 0.25) is 0 Å². The van der Waals surface area contributed by atoms with E-state index in [1.54, 1.807) is 23.1 Å². The van der Waals surface area contributed by atoms with E-state index in [0.717, 1.165) is 27.5 Å². The van der Waals surface area contributed by atoms with Gasteiger partial charge in [-0.25, -0.2) is 4.98 Å². The zero-order valence-electron chi connectivity index (χ0n) is 15.4. The van der Waals surface area contributed by atoms with E-state index in [2.05, 4.69) is 60.8 Å². The lowest BCUT2D eigenvalue weighted by Crippen LogP contribution is -2.14. The fourth-order valence-electron chi connectivity index (χ4n) is 3.69. The second-order valence-electron chi connectivity index (χ2n) is 6.71. The van der Waals surface area contributed by atoms with Crippen molar-refractivity contribution in [1.82, 2.24) is 4.98 Å². The lowest BCUT2D eigenvalue weighted by atomic mass is 10.0. The van der Waals surface area contributed by atoms with Gasteiger partial charge in [-0.15, -0.1) is 11.8 Å². The number of hydrogen-bond acceptors (Lipinski definition) is 4. The number of rotatable bonds is 5. The van der Waals surface area contributed by atoms with Crippen molar-refractivity contribution < 1.29 is 4.79 Å². The highest BCUT2D eigenvalue weighted by molar-refractivity contribution is 7.99. The van der Waals surface area contributed by atoms with E-state index in [4.69, 9.17) is 4.98 Å². The van der Waals surface area contributed by atoms with Crippen LogP contribution in [-0.4, -0.2) is 16.6 Å². The van der Waals surface area contributed by atoms with Crippen LogP contribution >= 0.6 is 23.1 Å². The van der Waals surface area contributed by atoms with Crippen molar-refractivity contribution in [2.24, 2.45) is 0 Å². The Labute approximate surface area is 171 Å². The van der Waals surface area contributed by atoms with E-state index in [0.29, 0.717) is 11.6 Å². The molecule has 5 heteroatoms. The molecule has 4 aromatic rings. The average Bonchev–Trinajstić information content (AvgIpc) is 3.23. The first-order valence-corrected chi connectivity index (χ1v) is 11.1. The highest BCUT2D eigenvalue weighted by Gasteiger charge is 2.25. The molecule has 1 amide bonds. The third-order valence-corrected chi connectivity index (χ3v) is 6.78. The number of nitrogens with zero attached hydrogens (tertiary/aromatic N) is 1. The first kappa shape index (κ1) is 17.5. The summed E-state index contributed by atoms with van der Waals surface area (Å²) in [6.45, 7) is 2.14. The summed E-state index contributed by atoms with van der Waals surface area (Å²) in [4.78, 5) is 19.6. The fourth-order valence-corrected chi connectivity index (χ4v) is 5.37. The van der Waals surface area contributed by atoms with Crippen molar-refractivity contribution >= 4 is 44.9 Å². The number of nitrogens with one attached hydrogen (secondary N) is 1. The molecule has 1 heterocycles. The standard InChI is InChI=1S/C23H18N2OS2/c1-2-27-16-11-9-14(10-12-16)13-19(26)24-23-25-21-17-7-3-5-15-6-4-8-18(20(15)17)22(21)28-23/h3-12H,2,13H2,1H3,(H,24,25,26). The minimum atomic E-state index is -0.0326. The topological polar surface area (TPSA) is 42.0 Å². The van der Waals surface area contributed by atoms with Gasteiger partial charge < -0.3 is 5.32 Å². The summed E-state index contributed by atoms with van der Waals surface area (Å²) in [5, 5.41) is 6.15. The van der Waals surface area contributed by atoms with Crippen molar-refractivity contribution in [3.05, 3.63) is 66.2 Å². The first-order chi connectivity index (χ1) is 13.7. The smallest absolute Gasteiger partial charge is 0.230 e. The molecule has 3 aromatic carbocycles. The summed E-state index contributed by atoms with van der Waals surface area (Å²) in [5.74, 6) is 1.01. The Kier molecular flexibility index (Phi) is 4.41. The van der Waals surface area contributed by atoms with Crippen LogP contribution in [0.25, 0.3) is 32.5 Å². The number of fused-ring (bicyclic) bond motifs is 3. The molecule has 1 aromatic heterocycles. The van der Waals surface area contributed by atoms with Crippen LogP contribution in [0, 0.1) is 0 Å². The van der Waals surface area contributed by atoms with Gasteiger partial charge in [-0.3, -0.25) is 4.79 Å². The van der Waals surface area contributed by atoms with Crippen molar-refractivity contribution in [2.45, 2.75) is 18.2 Å². The van der Waals surface area contributed by atoms with Crippen LogP contribution in [-0.2, 0) is 11.2 Å². The second kappa shape index (κ2) is 7.08. The second-order valence-corrected chi connectivity index (χ2v) is 9.04. The Morgan fingerprint density at radius 3 is 2.54 bits per heavy atom. The van der Waals surface area contributed by atoms with E-state index >= 15 is 0 Å². The number of carbonyl (C=O) groups excluding carboxylic acids is 1. The SMILES string of the molecule is CCSc1ccc(CC(=O)Nc2nc3c(s2)-c2cccc4cccc-3c24)cc1. The maximum Gasteiger partial charge on any atom is 0.230 e. The number of anilines is 1. The summed E-state index contributed by atoms with van der Waals surface area (Å²) < 4.78 is 0. The molecule has 0 fully saturated rings. The van der Waals surface area contributed by atoms with Gasteiger partial charge in [0, 0.05) is 16.0 Å². The zero-order valence-corrected chi connectivity index (χ0v) is 17.0. The maximum absolute atomic E-state index is 12.5. The van der Waals surface area contributed by atoms with Gasteiger partial charge in [0.15, 0.2) is 5.13 Å². The van der Waals surface area contributed by atoms with E-state index in [1.807, 2.05) is 12.1 Å². The molecule has 1 N–H and O–H groups in total. The Morgan fingerprint density at radius 1 is 1.04 bits per heavy atom. The molecule has 0 saturated carbocycles. The van der Waals surface area contributed by atoms with Crippen LogP contribution in [0.3, 0.4) is 0 Å². The highest BCUT2D eigenvalue weighted by Crippen LogP contribution is 2.50. The number of thiazole rings is 1. The molecule has 3 nitrogen and oxygen atoms in total. The van der Waals surface area contributed by atoms with Crippen LogP contribution < -0.4 is 5.32 Å². The van der Waals surface area contributed by atoms with Gasteiger partial charge in [0.05, 0.1) is 17.0 Å². The molecule has 1 aliphatic carbocycles. The summed E-state index contributed by atoms with van der Waals surface area (Å²) in [5.41, 5.74) is 4.36. The van der Waals surface area contributed by atoms with Crippen LogP contribution in [0.4, 0.5) is 5.13 Å². The Balaban J connectivity index is 1.36. The molecule has 0 radical (unpaired) electrons. The van der Waals surface area contributed by atoms with Crippen molar-refractivity contribution in [2.75, 3.05) is 11.1 Å². The van der Waals surface area contributed by atoms with E-state index in [-0.39, 0.29) is 5.91 Å². The lowest BCUT2D eigenvalue weighted by Gasteiger charge is -2.05. The van der Waals surface area contributed by atoms with Crippen LogP contribution in [0.5, 0.6) is 0 Å². The molecule has 28 heavy (non-hydrogen) atoms. The van der Waals surface area contributed by atoms with Crippen LogP contribution in [0.15, 0.2) is 65.6 Å². The predicted octanol–water partition coefficient (Wildman–Crippen LogP) is 6.24. The van der Waals surface area contributed by atoms with Crippen molar-refractivity contribution in [3.8, 4) is 21.7 Å². The summed E-state index contributed by atoms with van der Waals surface area (Å²) in [7, 11) is 0. The average molecular weight is 403 g/mol. The molecular weight excluding hydrogens is 384 g/mol. The van der Waals surface area contributed by atoms with E-state index in [9.17, 15) is 4.79 Å². The van der Waals surface area contributed by atoms with Gasteiger partial charge in [0.25, 0.3) is 0 Å². The monoisotopic (exact) mass is 402 g/mol. The Bertz CT molecular complexity index is 1140. The lowest BCUT2D eigenvalue weighted by molar-refractivity contribution is -0.115. The number of benzene rings is 3. The van der Waals surface area contributed by atoms with Gasteiger partial charge in [0.2, 0.25) is 5.91 Å². The van der Waals surface area contributed by atoms with E-state index in [1.165, 1.54) is 21.2 Å². The third-order valence-electron chi connectivity index (χ3n) is 4.88. The molecule has 1 aliphatic rings.